The third-order valence-corrected chi connectivity index (χ3v) is 17.6. The summed E-state index contributed by atoms with van der Waals surface area (Å²) in [5.74, 6) is 1.69. The second kappa shape index (κ2) is 9.42. The average Bonchev–Trinajstić information content (AvgIpc) is 3.52. The predicted octanol–water partition coefficient (Wildman–Crippen LogP) is 7.63. The minimum absolute atomic E-state index is 0.296. The fourth-order valence-corrected chi connectivity index (χ4v) is 12.9. The van der Waals surface area contributed by atoms with Crippen LogP contribution in [0.4, 0.5) is 0 Å². The normalized spacial score (nSPS) is 32.3. The van der Waals surface area contributed by atoms with E-state index < -0.39 is 22.9 Å². The smallest absolute Gasteiger partial charge is 0.192 e. The van der Waals surface area contributed by atoms with Crippen LogP contribution in [-0.4, -0.2) is 27.6 Å². The molecule has 0 aliphatic heterocycles. The summed E-state index contributed by atoms with van der Waals surface area (Å²) >= 11 is 0. The van der Waals surface area contributed by atoms with Crippen molar-refractivity contribution >= 4 is 18.2 Å². The molecule has 0 spiro atoms. The number of hydrogen-bond acceptors (Lipinski definition) is 3. The average molecular weight is 491 g/mol. The maximum absolute atomic E-state index is 13.5. The van der Waals surface area contributed by atoms with Gasteiger partial charge in [0.2, 0.25) is 0 Å². The largest absolute Gasteiger partial charge is 0.414 e. The topological polar surface area (TPSA) is 43.4 Å². The second-order valence-corrected chi connectivity index (χ2v) is 18.8. The fraction of sp³-hybridized carbons (Fsp3) is 0.786. The molecule has 4 rings (SSSR count). The summed E-state index contributed by atoms with van der Waals surface area (Å²) in [6, 6.07) is 12.8. The summed E-state index contributed by atoms with van der Waals surface area (Å²) in [7, 11) is -4.88. The molecule has 3 saturated carbocycles. The van der Waals surface area contributed by atoms with Crippen LogP contribution < -0.4 is 0 Å². The monoisotopic (exact) mass is 490 g/mol. The Labute approximate surface area is 204 Å². The number of fused-ring (bicyclic) bond motifs is 1. The van der Waals surface area contributed by atoms with Crippen LogP contribution in [0.15, 0.2) is 35.2 Å². The van der Waals surface area contributed by atoms with Crippen LogP contribution in [0, 0.1) is 23.2 Å². The fourth-order valence-electron chi connectivity index (χ4n) is 7.86. The van der Waals surface area contributed by atoms with Gasteiger partial charge in [0.15, 0.2) is 18.2 Å². The van der Waals surface area contributed by atoms with Gasteiger partial charge < -0.3 is 4.43 Å². The Morgan fingerprint density at radius 1 is 1.00 bits per heavy atom. The molecule has 0 N–H and O–H groups in total. The van der Waals surface area contributed by atoms with Crippen LogP contribution in [0.3, 0.4) is 0 Å². The zero-order valence-electron chi connectivity index (χ0n) is 21.6. The highest BCUT2D eigenvalue weighted by Crippen LogP contribution is 2.61. The van der Waals surface area contributed by atoms with Gasteiger partial charge >= 0.3 is 0 Å². The Balaban J connectivity index is 1.50. The van der Waals surface area contributed by atoms with Crippen molar-refractivity contribution in [3.05, 3.63) is 30.3 Å². The summed E-state index contributed by atoms with van der Waals surface area (Å²) in [5.41, 5.74) is 0.296. The molecule has 0 saturated heterocycles. The molecule has 186 valence electrons. The zero-order chi connectivity index (χ0) is 23.9. The van der Waals surface area contributed by atoms with Crippen molar-refractivity contribution in [1.29, 1.82) is 0 Å². The number of benzene rings is 1. The lowest BCUT2D eigenvalue weighted by molar-refractivity contribution is -0.0204. The molecular formula is C28H46O3SSi. The van der Waals surface area contributed by atoms with Gasteiger partial charge in [-0.3, -0.25) is 0 Å². The highest BCUT2D eigenvalue weighted by Gasteiger charge is 2.59. The highest BCUT2D eigenvalue weighted by molar-refractivity contribution is 7.93. The molecule has 3 aliphatic rings. The minimum atomic E-state index is -3.27. The van der Waals surface area contributed by atoms with E-state index in [0.29, 0.717) is 34.2 Å². The lowest BCUT2D eigenvalue weighted by Gasteiger charge is -2.49. The minimum Gasteiger partial charge on any atom is -0.414 e. The molecule has 3 nitrogen and oxygen atoms in total. The van der Waals surface area contributed by atoms with Crippen LogP contribution in [0.25, 0.3) is 0 Å². The lowest BCUT2D eigenvalue weighted by atomic mass is 9.61. The van der Waals surface area contributed by atoms with Crippen LogP contribution in [0.1, 0.15) is 86.0 Å². The van der Waals surface area contributed by atoms with Gasteiger partial charge in [-0.25, -0.2) is 8.42 Å². The third kappa shape index (κ3) is 4.40. The van der Waals surface area contributed by atoms with Gasteiger partial charge in [0.25, 0.3) is 0 Å². The first-order valence-electron chi connectivity index (χ1n) is 13.6. The number of hydrogen-bond donors (Lipinski definition) is 0. The maximum Gasteiger partial charge on any atom is 0.192 e. The summed E-state index contributed by atoms with van der Waals surface area (Å²) in [4.78, 5) is 0.510. The maximum atomic E-state index is 13.5. The second-order valence-electron chi connectivity index (χ2n) is 11.8. The van der Waals surface area contributed by atoms with Gasteiger partial charge in [-0.15, -0.1) is 0 Å². The van der Waals surface area contributed by atoms with Gasteiger partial charge in [-0.1, -0.05) is 59.2 Å². The Morgan fingerprint density at radius 3 is 2.21 bits per heavy atom. The molecular weight excluding hydrogens is 444 g/mol. The predicted molar refractivity (Wildman–Crippen MR) is 140 cm³/mol. The van der Waals surface area contributed by atoms with Gasteiger partial charge in [-0.05, 0) is 98.4 Å². The quantitative estimate of drug-likeness (QED) is 0.317. The highest BCUT2D eigenvalue weighted by atomic mass is 32.2. The van der Waals surface area contributed by atoms with Gasteiger partial charge in [0.05, 0.1) is 9.64 Å². The molecule has 0 bridgehead atoms. The van der Waals surface area contributed by atoms with Crippen LogP contribution in [-0.2, 0) is 14.3 Å². The molecule has 1 aromatic rings. The molecule has 33 heavy (non-hydrogen) atoms. The summed E-state index contributed by atoms with van der Waals surface area (Å²) in [6.45, 7) is 11.9. The van der Waals surface area contributed by atoms with Gasteiger partial charge in [0, 0.05) is 6.10 Å². The number of sulfone groups is 1. The van der Waals surface area contributed by atoms with E-state index in [1.54, 1.807) is 12.1 Å². The van der Waals surface area contributed by atoms with E-state index >= 15 is 0 Å². The molecule has 0 unspecified atom stereocenters. The van der Waals surface area contributed by atoms with Gasteiger partial charge in [-0.2, -0.15) is 0 Å². The summed E-state index contributed by atoms with van der Waals surface area (Å²) < 4.78 is 33.6. The Kier molecular flexibility index (Phi) is 7.27. The Hall–Kier alpha value is -0.653. The van der Waals surface area contributed by atoms with E-state index in [1.165, 1.54) is 50.2 Å². The van der Waals surface area contributed by atoms with Crippen molar-refractivity contribution in [2.45, 2.75) is 120 Å². The number of rotatable bonds is 10. The van der Waals surface area contributed by atoms with E-state index in [4.69, 9.17) is 4.43 Å². The zero-order valence-corrected chi connectivity index (χ0v) is 23.4. The molecule has 0 aromatic heterocycles. The molecule has 0 heterocycles. The van der Waals surface area contributed by atoms with E-state index in [1.807, 2.05) is 18.2 Å². The lowest BCUT2D eigenvalue weighted by Crippen LogP contribution is -2.48. The SMILES string of the molecule is CC[Si](CC)(CC)O[C@H]1CCC[C@]2(C)[C@@H]([C@H](C)CC3(S(=O)(=O)c4ccccc4)CC3)CC[C@@H]12. The van der Waals surface area contributed by atoms with Crippen molar-refractivity contribution in [2.24, 2.45) is 23.2 Å². The van der Waals surface area contributed by atoms with Crippen molar-refractivity contribution in [3.8, 4) is 0 Å². The standard InChI is InChI=1S/C28H46O3SSi/c1-6-33(7-2,8-3)31-26-15-12-18-27(5)24(16-17-25(26)27)22(4)21-28(19-20-28)32(29,30)23-13-10-9-11-14-23/h9-11,13-14,22,24-26H,6-8,12,15-21H2,1-5H3/t22-,24-,25+,26+,27-/m1/s1. The molecule has 3 aliphatic carbocycles. The first-order chi connectivity index (χ1) is 15.7. The Morgan fingerprint density at radius 2 is 1.64 bits per heavy atom. The van der Waals surface area contributed by atoms with Crippen molar-refractivity contribution in [3.63, 3.8) is 0 Å². The molecule has 5 heteroatoms. The Bertz CT molecular complexity index is 898. The molecule has 1 aromatic carbocycles. The van der Waals surface area contributed by atoms with E-state index in [9.17, 15) is 8.42 Å². The first-order valence-corrected chi connectivity index (χ1v) is 17.7. The van der Waals surface area contributed by atoms with Crippen LogP contribution >= 0.6 is 0 Å². The first kappa shape index (κ1) is 25.4. The van der Waals surface area contributed by atoms with E-state index in [0.717, 1.165) is 19.3 Å². The van der Waals surface area contributed by atoms with E-state index in [2.05, 4.69) is 34.6 Å². The summed E-state index contributed by atoms with van der Waals surface area (Å²) in [5, 5.41) is 0. The molecule has 0 amide bonds. The van der Waals surface area contributed by atoms with Crippen molar-refractivity contribution in [1.82, 2.24) is 0 Å². The van der Waals surface area contributed by atoms with Crippen LogP contribution in [0.5, 0.6) is 0 Å². The summed E-state index contributed by atoms with van der Waals surface area (Å²) in [6.07, 6.45) is 9.16. The van der Waals surface area contributed by atoms with Crippen molar-refractivity contribution < 1.29 is 12.8 Å². The molecule has 0 radical (unpaired) electrons. The molecule has 3 fully saturated rings. The van der Waals surface area contributed by atoms with E-state index in [-0.39, 0.29) is 0 Å². The van der Waals surface area contributed by atoms with Crippen LogP contribution in [0.2, 0.25) is 18.1 Å². The van der Waals surface area contributed by atoms with Gasteiger partial charge in [0.1, 0.15) is 0 Å². The van der Waals surface area contributed by atoms with Crippen molar-refractivity contribution in [2.75, 3.05) is 0 Å². The molecule has 5 atom stereocenters. The third-order valence-electron chi connectivity index (χ3n) is 10.3.